The molecule has 4 aromatic rings. The number of hydrogen-bond acceptors (Lipinski definition) is 9. The highest BCUT2D eigenvalue weighted by molar-refractivity contribution is 7.92. The van der Waals surface area contributed by atoms with Gasteiger partial charge in [-0.05, 0) is 55.0 Å². The number of carbonyl (C=O) groups is 1. The van der Waals surface area contributed by atoms with Gasteiger partial charge in [0.25, 0.3) is 15.6 Å². The third-order valence-corrected chi connectivity index (χ3v) is 9.92. The number of fused-ring (bicyclic) bond motifs is 1. The summed E-state index contributed by atoms with van der Waals surface area (Å²) in [6.07, 6.45) is 2.10. The van der Waals surface area contributed by atoms with Crippen molar-refractivity contribution in [1.82, 2.24) is 19.2 Å². The summed E-state index contributed by atoms with van der Waals surface area (Å²) >= 11 is 7.57. The maximum absolute atomic E-state index is 13.3. The quantitative estimate of drug-likeness (QED) is 0.258. The normalized spacial score (nSPS) is 14.2. The number of benzene rings is 2. The van der Waals surface area contributed by atoms with E-state index in [1.165, 1.54) is 29.1 Å². The zero-order valence-corrected chi connectivity index (χ0v) is 24.6. The average molecular weight is 617 g/mol. The first-order chi connectivity index (χ1) is 19.7. The Kier molecular flexibility index (Phi) is 8.90. The molecule has 0 aliphatic carbocycles. The molecule has 0 saturated carbocycles. The van der Waals surface area contributed by atoms with Gasteiger partial charge in [-0.2, -0.15) is 0 Å². The maximum atomic E-state index is 13.3. The number of rotatable bonds is 9. The number of halogens is 1. The fourth-order valence-corrected chi connectivity index (χ4v) is 6.86. The number of nitrogens with zero attached hydrogens (tertiary/aromatic N) is 3. The van der Waals surface area contributed by atoms with Crippen molar-refractivity contribution in [2.75, 3.05) is 50.0 Å². The van der Waals surface area contributed by atoms with Crippen LogP contribution in [0.1, 0.15) is 11.8 Å². The van der Waals surface area contributed by atoms with E-state index in [2.05, 4.69) is 20.5 Å². The summed E-state index contributed by atoms with van der Waals surface area (Å²) in [7, 11) is -4.01. The summed E-state index contributed by atoms with van der Waals surface area (Å²) in [6, 6.07) is 12.1. The fraction of sp³-hybridized carbons (Fsp3) is 0.296. The number of hydrogen-bond donors (Lipinski definition) is 3. The van der Waals surface area contributed by atoms with Crippen molar-refractivity contribution in [2.45, 2.75) is 17.6 Å². The average Bonchev–Trinajstić information content (AvgIpc) is 3.45. The van der Waals surface area contributed by atoms with Crippen LogP contribution in [0.25, 0.3) is 16.6 Å². The minimum Gasteiger partial charge on any atom is -0.384 e. The van der Waals surface area contributed by atoms with Gasteiger partial charge in [-0.1, -0.05) is 18.5 Å². The number of urea groups is 1. The van der Waals surface area contributed by atoms with Crippen molar-refractivity contribution in [3.05, 3.63) is 75.1 Å². The van der Waals surface area contributed by atoms with Crippen LogP contribution < -0.4 is 20.9 Å². The number of ether oxygens (including phenoxy) is 1. The van der Waals surface area contributed by atoms with Crippen molar-refractivity contribution >= 4 is 61.3 Å². The van der Waals surface area contributed by atoms with Gasteiger partial charge < -0.3 is 15.4 Å². The molecule has 1 aliphatic rings. The molecule has 0 bridgehead atoms. The minimum atomic E-state index is -4.01. The smallest absolute Gasteiger partial charge is 0.333 e. The van der Waals surface area contributed by atoms with E-state index in [1.54, 1.807) is 18.2 Å². The van der Waals surface area contributed by atoms with Crippen LogP contribution in [0.2, 0.25) is 5.02 Å². The second kappa shape index (κ2) is 12.6. The minimum absolute atomic E-state index is 0.0527. The molecule has 3 N–H and O–H groups in total. The van der Waals surface area contributed by atoms with E-state index in [0.29, 0.717) is 23.0 Å². The molecule has 0 unspecified atom stereocenters. The molecule has 5 rings (SSSR count). The third kappa shape index (κ3) is 6.88. The predicted octanol–water partition coefficient (Wildman–Crippen LogP) is 3.92. The summed E-state index contributed by atoms with van der Waals surface area (Å²) in [5, 5.41) is 6.44. The zero-order valence-electron chi connectivity index (χ0n) is 22.2. The Hall–Kier alpha value is -3.49. The Morgan fingerprint density at radius 3 is 2.61 bits per heavy atom. The van der Waals surface area contributed by atoms with E-state index >= 15 is 0 Å². The molecular weight excluding hydrogens is 588 g/mol. The van der Waals surface area contributed by atoms with Gasteiger partial charge in [0.15, 0.2) is 0 Å². The summed E-state index contributed by atoms with van der Waals surface area (Å²) in [4.78, 5) is 33.4. The standard InChI is InChI=1S/C27H29ClN6O5S2/c1-2-20-5-8-25(40-20)41(37,38)32-27(36)31-19-4-7-24(22(28)15-19)34-17-30-23-16-18(3-6-21(23)26(34)35)29-9-10-33-11-13-39-14-12-33/h3-8,15-17,29H,2,9-14H2,1H3,(H2,31,32,36). The maximum Gasteiger partial charge on any atom is 0.333 e. The van der Waals surface area contributed by atoms with Crippen molar-refractivity contribution in [1.29, 1.82) is 0 Å². The number of aryl methyl sites for hydroxylation is 1. The van der Waals surface area contributed by atoms with Crippen LogP contribution in [-0.4, -0.2) is 68.3 Å². The molecule has 11 nitrogen and oxygen atoms in total. The molecule has 1 fully saturated rings. The summed E-state index contributed by atoms with van der Waals surface area (Å²) in [5.74, 6) is 0. The fourth-order valence-electron chi connectivity index (χ4n) is 4.39. The largest absolute Gasteiger partial charge is 0.384 e. The number of morpholine rings is 1. The van der Waals surface area contributed by atoms with Crippen LogP contribution in [0.15, 0.2) is 63.9 Å². The molecule has 1 saturated heterocycles. The zero-order chi connectivity index (χ0) is 29.0. The van der Waals surface area contributed by atoms with Gasteiger partial charge in [0.1, 0.15) is 10.5 Å². The lowest BCUT2D eigenvalue weighted by atomic mass is 10.2. The predicted molar refractivity (Wildman–Crippen MR) is 161 cm³/mol. The number of carbonyl (C=O) groups excluding carboxylic acids is 1. The first-order valence-corrected chi connectivity index (χ1v) is 15.7. The van der Waals surface area contributed by atoms with Crippen LogP contribution in [0, 0.1) is 0 Å². The topological polar surface area (TPSA) is 135 Å². The summed E-state index contributed by atoms with van der Waals surface area (Å²) < 4.78 is 33.8. The SMILES string of the molecule is CCc1ccc(S(=O)(=O)NC(=O)Nc2ccc(-n3cnc4cc(NCCN5CCOCC5)ccc4c3=O)c(Cl)c2)s1. The van der Waals surface area contributed by atoms with E-state index in [1.807, 2.05) is 23.8 Å². The Bertz CT molecular complexity index is 1730. The lowest BCUT2D eigenvalue weighted by Crippen LogP contribution is -2.39. The molecule has 41 heavy (non-hydrogen) atoms. The Morgan fingerprint density at radius 1 is 1.10 bits per heavy atom. The van der Waals surface area contributed by atoms with Crippen LogP contribution in [0.4, 0.5) is 16.2 Å². The molecule has 0 atom stereocenters. The summed E-state index contributed by atoms with van der Waals surface area (Å²) in [6.45, 7) is 6.92. The Balaban J connectivity index is 1.26. The van der Waals surface area contributed by atoms with E-state index in [9.17, 15) is 18.0 Å². The highest BCUT2D eigenvalue weighted by Gasteiger charge is 2.20. The van der Waals surface area contributed by atoms with Gasteiger partial charge in [0, 0.05) is 42.4 Å². The lowest BCUT2D eigenvalue weighted by Gasteiger charge is -2.26. The van der Waals surface area contributed by atoms with Crippen molar-refractivity contribution < 1.29 is 17.9 Å². The second-order valence-electron chi connectivity index (χ2n) is 9.33. The van der Waals surface area contributed by atoms with Crippen molar-refractivity contribution in [2.24, 2.45) is 0 Å². The van der Waals surface area contributed by atoms with Crippen LogP contribution in [0.5, 0.6) is 0 Å². The molecular formula is C27H29ClN6O5S2. The van der Waals surface area contributed by atoms with Gasteiger partial charge in [0.2, 0.25) is 0 Å². The number of sulfonamides is 1. The Morgan fingerprint density at radius 2 is 1.88 bits per heavy atom. The molecule has 0 spiro atoms. The number of amides is 2. The first kappa shape index (κ1) is 29.0. The highest BCUT2D eigenvalue weighted by atomic mass is 35.5. The first-order valence-electron chi connectivity index (χ1n) is 13.0. The molecule has 1 aliphatic heterocycles. The monoisotopic (exact) mass is 616 g/mol. The molecule has 14 heteroatoms. The third-order valence-electron chi connectivity index (χ3n) is 6.56. The van der Waals surface area contributed by atoms with E-state index in [0.717, 1.165) is 61.3 Å². The molecule has 216 valence electrons. The van der Waals surface area contributed by atoms with Crippen LogP contribution in [-0.2, 0) is 21.2 Å². The summed E-state index contributed by atoms with van der Waals surface area (Å²) in [5.41, 5.74) is 1.73. The van der Waals surface area contributed by atoms with Gasteiger partial charge >= 0.3 is 6.03 Å². The number of aromatic nitrogens is 2. The number of nitrogens with one attached hydrogen (secondary N) is 3. The van der Waals surface area contributed by atoms with E-state index in [-0.39, 0.29) is 20.5 Å². The van der Waals surface area contributed by atoms with Gasteiger partial charge in [-0.25, -0.2) is 22.9 Å². The van der Waals surface area contributed by atoms with Crippen molar-refractivity contribution in [3.8, 4) is 5.69 Å². The number of anilines is 2. The van der Waals surface area contributed by atoms with Gasteiger partial charge in [-0.15, -0.1) is 11.3 Å². The van der Waals surface area contributed by atoms with E-state index < -0.39 is 16.1 Å². The molecule has 3 heterocycles. The lowest BCUT2D eigenvalue weighted by molar-refractivity contribution is 0.0398. The molecule has 0 radical (unpaired) electrons. The van der Waals surface area contributed by atoms with Gasteiger partial charge in [-0.3, -0.25) is 14.3 Å². The van der Waals surface area contributed by atoms with Crippen LogP contribution in [0.3, 0.4) is 0 Å². The number of thiophene rings is 1. The second-order valence-corrected chi connectivity index (χ2v) is 12.8. The van der Waals surface area contributed by atoms with Crippen LogP contribution >= 0.6 is 22.9 Å². The Labute approximate surface area is 246 Å². The molecule has 2 aromatic carbocycles. The van der Waals surface area contributed by atoms with E-state index in [4.69, 9.17) is 16.3 Å². The van der Waals surface area contributed by atoms with Gasteiger partial charge in [0.05, 0.1) is 34.8 Å². The molecule has 2 aromatic heterocycles. The van der Waals surface area contributed by atoms with Crippen molar-refractivity contribution in [3.63, 3.8) is 0 Å². The molecule has 2 amide bonds. The highest BCUT2D eigenvalue weighted by Crippen LogP contribution is 2.25.